The van der Waals surface area contributed by atoms with Crippen LogP contribution in [-0.2, 0) is 6.54 Å². The highest BCUT2D eigenvalue weighted by Gasteiger charge is 2.28. The number of hydrogen-bond donors (Lipinski definition) is 0. The van der Waals surface area contributed by atoms with Crippen molar-refractivity contribution in [3.8, 4) is 0 Å². The lowest BCUT2D eigenvalue weighted by Crippen LogP contribution is -2.25. The Morgan fingerprint density at radius 1 is 1.35 bits per heavy atom. The summed E-state index contributed by atoms with van der Waals surface area (Å²) in [6.07, 6.45) is 5.72. The predicted octanol–water partition coefficient (Wildman–Crippen LogP) is 2.93. The Hall–Kier alpha value is -2.40. The van der Waals surface area contributed by atoms with Gasteiger partial charge in [0, 0.05) is 18.8 Å². The minimum absolute atomic E-state index is 0.0289. The molecular weight excluding hydrogens is 290 g/mol. The fourth-order valence-corrected chi connectivity index (χ4v) is 3.36. The number of furan rings is 1. The highest BCUT2D eigenvalue weighted by atomic mass is 16.3. The summed E-state index contributed by atoms with van der Waals surface area (Å²) in [7, 11) is 0. The summed E-state index contributed by atoms with van der Waals surface area (Å²) >= 11 is 0. The van der Waals surface area contributed by atoms with E-state index in [2.05, 4.69) is 9.88 Å². The Bertz CT molecular complexity index is 883. The van der Waals surface area contributed by atoms with Crippen LogP contribution in [0.4, 0.5) is 0 Å². The minimum atomic E-state index is -0.0289. The maximum Gasteiger partial charge on any atom is 0.258 e. The van der Waals surface area contributed by atoms with Crippen molar-refractivity contribution in [2.45, 2.75) is 32.4 Å². The summed E-state index contributed by atoms with van der Waals surface area (Å²) in [4.78, 5) is 19.3. The largest absolute Gasteiger partial charge is 0.468 e. The van der Waals surface area contributed by atoms with Crippen LogP contribution in [0.5, 0.6) is 0 Å². The van der Waals surface area contributed by atoms with Crippen LogP contribution in [0.25, 0.3) is 5.65 Å². The van der Waals surface area contributed by atoms with E-state index in [1.807, 2.05) is 31.2 Å². The van der Waals surface area contributed by atoms with Crippen LogP contribution < -0.4 is 5.56 Å². The molecule has 4 rings (SSSR count). The molecule has 23 heavy (non-hydrogen) atoms. The predicted molar refractivity (Wildman–Crippen MR) is 87.3 cm³/mol. The van der Waals surface area contributed by atoms with Gasteiger partial charge in [0.2, 0.25) is 0 Å². The molecule has 0 spiro atoms. The molecule has 0 saturated carbocycles. The van der Waals surface area contributed by atoms with Gasteiger partial charge in [-0.25, -0.2) is 4.98 Å². The van der Waals surface area contributed by atoms with Crippen molar-refractivity contribution < 1.29 is 4.42 Å². The molecule has 1 fully saturated rings. The zero-order valence-electron chi connectivity index (χ0n) is 13.1. The Labute approximate surface area is 134 Å². The smallest absolute Gasteiger partial charge is 0.258 e. The van der Waals surface area contributed by atoms with Gasteiger partial charge in [0.15, 0.2) is 0 Å². The summed E-state index contributed by atoms with van der Waals surface area (Å²) in [6.45, 7) is 3.68. The third-order valence-corrected chi connectivity index (χ3v) is 4.48. The quantitative estimate of drug-likeness (QED) is 0.746. The second-order valence-corrected chi connectivity index (χ2v) is 6.16. The third-order valence-electron chi connectivity index (χ3n) is 4.48. The SMILES string of the molecule is Cc1ccn2c(=O)cc(CN3CCC[C@H]3c3ccco3)nc2c1. The first kappa shape index (κ1) is 14.2. The van der Waals surface area contributed by atoms with Crippen molar-refractivity contribution in [2.24, 2.45) is 0 Å². The number of aromatic nitrogens is 2. The molecule has 0 N–H and O–H groups in total. The molecule has 3 aromatic heterocycles. The van der Waals surface area contributed by atoms with E-state index in [9.17, 15) is 4.79 Å². The average Bonchev–Trinajstić information content (AvgIpc) is 3.17. The molecule has 0 radical (unpaired) electrons. The molecule has 5 heteroatoms. The first-order valence-electron chi connectivity index (χ1n) is 7.97. The van der Waals surface area contributed by atoms with E-state index in [-0.39, 0.29) is 11.6 Å². The monoisotopic (exact) mass is 309 g/mol. The molecule has 1 aliphatic rings. The Morgan fingerprint density at radius 3 is 3.09 bits per heavy atom. The molecule has 0 aliphatic carbocycles. The van der Waals surface area contributed by atoms with E-state index in [1.165, 1.54) is 0 Å². The Balaban J connectivity index is 1.66. The van der Waals surface area contributed by atoms with E-state index >= 15 is 0 Å². The lowest BCUT2D eigenvalue weighted by molar-refractivity contribution is 0.218. The third kappa shape index (κ3) is 2.68. The highest BCUT2D eigenvalue weighted by Crippen LogP contribution is 2.32. The van der Waals surface area contributed by atoms with Gasteiger partial charge in [-0.15, -0.1) is 0 Å². The van der Waals surface area contributed by atoms with E-state index in [0.717, 1.165) is 36.4 Å². The first-order valence-corrected chi connectivity index (χ1v) is 7.97. The van der Waals surface area contributed by atoms with Crippen LogP contribution in [0.2, 0.25) is 0 Å². The van der Waals surface area contributed by atoms with Crippen molar-refractivity contribution in [3.05, 3.63) is 70.2 Å². The zero-order valence-corrected chi connectivity index (χ0v) is 13.1. The maximum absolute atomic E-state index is 12.3. The van der Waals surface area contributed by atoms with Gasteiger partial charge in [-0.2, -0.15) is 0 Å². The van der Waals surface area contributed by atoms with Gasteiger partial charge in [-0.3, -0.25) is 14.1 Å². The molecule has 1 atom stereocenters. The molecule has 0 aromatic carbocycles. The number of pyridine rings is 1. The fraction of sp³-hybridized carbons (Fsp3) is 0.333. The molecule has 1 aliphatic heterocycles. The molecule has 0 bridgehead atoms. The van der Waals surface area contributed by atoms with Gasteiger partial charge in [0.25, 0.3) is 5.56 Å². The molecule has 3 aromatic rings. The lowest BCUT2D eigenvalue weighted by Gasteiger charge is -2.22. The summed E-state index contributed by atoms with van der Waals surface area (Å²) < 4.78 is 7.15. The first-order chi connectivity index (χ1) is 11.2. The molecule has 1 saturated heterocycles. The van der Waals surface area contributed by atoms with Gasteiger partial charge in [0.05, 0.1) is 18.0 Å². The van der Waals surface area contributed by atoms with Crippen LogP contribution in [-0.4, -0.2) is 20.8 Å². The van der Waals surface area contributed by atoms with Crippen molar-refractivity contribution in [1.82, 2.24) is 14.3 Å². The highest BCUT2D eigenvalue weighted by molar-refractivity contribution is 5.41. The van der Waals surface area contributed by atoms with Crippen molar-refractivity contribution in [1.29, 1.82) is 0 Å². The standard InChI is InChI=1S/C18H19N3O2/c1-13-6-8-21-17(10-13)19-14(11-18(21)22)12-20-7-2-4-15(20)16-5-3-9-23-16/h3,5-6,8-11,15H,2,4,7,12H2,1H3/t15-/m0/s1. The van der Waals surface area contributed by atoms with Gasteiger partial charge >= 0.3 is 0 Å². The molecule has 0 unspecified atom stereocenters. The van der Waals surface area contributed by atoms with Crippen LogP contribution in [0.15, 0.2) is 52.0 Å². The van der Waals surface area contributed by atoms with Gasteiger partial charge in [-0.1, -0.05) is 0 Å². The van der Waals surface area contributed by atoms with E-state index < -0.39 is 0 Å². The maximum atomic E-state index is 12.3. The number of fused-ring (bicyclic) bond motifs is 1. The fourth-order valence-electron chi connectivity index (χ4n) is 3.36. The zero-order chi connectivity index (χ0) is 15.8. The molecule has 0 amide bonds. The van der Waals surface area contributed by atoms with Crippen LogP contribution in [0.1, 0.15) is 35.9 Å². The number of rotatable bonds is 3. The van der Waals surface area contributed by atoms with Crippen molar-refractivity contribution in [3.63, 3.8) is 0 Å². The molecule has 118 valence electrons. The molecule has 5 nitrogen and oxygen atoms in total. The summed E-state index contributed by atoms with van der Waals surface area (Å²) in [5.74, 6) is 0.996. The van der Waals surface area contributed by atoms with E-state index in [0.29, 0.717) is 12.2 Å². The minimum Gasteiger partial charge on any atom is -0.468 e. The van der Waals surface area contributed by atoms with Gasteiger partial charge in [-0.05, 0) is 56.1 Å². The number of nitrogens with zero attached hydrogens (tertiary/aromatic N) is 3. The second kappa shape index (κ2) is 5.66. The summed E-state index contributed by atoms with van der Waals surface area (Å²) in [6, 6.07) is 9.73. The van der Waals surface area contributed by atoms with Crippen LogP contribution >= 0.6 is 0 Å². The van der Waals surface area contributed by atoms with Crippen LogP contribution in [0.3, 0.4) is 0 Å². The second-order valence-electron chi connectivity index (χ2n) is 6.16. The Morgan fingerprint density at radius 2 is 2.26 bits per heavy atom. The lowest BCUT2D eigenvalue weighted by atomic mass is 10.1. The number of likely N-dealkylation sites (tertiary alicyclic amines) is 1. The Kier molecular flexibility index (Phi) is 3.50. The average molecular weight is 309 g/mol. The number of hydrogen-bond acceptors (Lipinski definition) is 4. The normalized spacial score (nSPS) is 18.7. The summed E-state index contributed by atoms with van der Waals surface area (Å²) in [5.41, 5.74) is 2.60. The number of aryl methyl sites for hydroxylation is 1. The van der Waals surface area contributed by atoms with E-state index in [1.54, 1.807) is 22.9 Å². The van der Waals surface area contributed by atoms with Gasteiger partial charge in [0.1, 0.15) is 11.4 Å². The topological polar surface area (TPSA) is 50.8 Å². The van der Waals surface area contributed by atoms with Crippen LogP contribution in [0, 0.1) is 6.92 Å². The summed E-state index contributed by atoms with van der Waals surface area (Å²) in [5, 5.41) is 0. The van der Waals surface area contributed by atoms with E-state index in [4.69, 9.17) is 4.42 Å². The molecular formula is C18H19N3O2. The van der Waals surface area contributed by atoms with Crippen molar-refractivity contribution >= 4 is 5.65 Å². The molecule has 4 heterocycles. The van der Waals surface area contributed by atoms with Crippen molar-refractivity contribution in [2.75, 3.05) is 6.54 Å². The van der Waals surface area contributed by atoms with Gasteiger partial charge < -0.3 is 4.42 Å².